The van der Waals surface area contributed by atoms with E-state index in [9.17, 15) is 9.90 Å². The molecule has 2 aliphatic rings. The minimum atomic E-state index is -0.230. The molecule has 2 aliphatic heterocycles. The lowest BCUT2D eigenvalue weighted by molar-refractivity contribution is -0.111. The van der Waals surface area contributed by atoms with Crippen LogP contribution in [0.1, 0.15) is 25.8 Å². The molecular weight excluding hydrogens is 338 g/mol. The number of anilines is 3. The molecular formula is C17H27N5O4. The van der Waals surface area contributed by atoms with E-state index >= 15 is 0 Å². The van der Waals surface area contributed by atoms with Crippen molar-refractivity contribution in [1.82, 2.24) is 9.97 Å². The summed E-state index contributed by atoms with van der Waals surface area (Å²) in [4.78, 5) is 22.3. The predicted molar refractivity (Wildman–Crippen MR) is 98.6 cm³/mol. The Morgan fingerprint density at radius 3 is 2.77 bits per heavy atom. The number of aliphatic hydroxyl groups excluding tert-OH is 2. The first kappa shape index (κ1) is 20.1. The van der Waals surface area contributed by atoms with E-state index in [2.05, 4.69) is 22.2 Å². The van der Waals surface area contributed by atoms with Gasteiger partial charge in [-0.1, -0.05) is 13.0 Å². The van der Waals surface area contributed by atoms with Gasteiger partial charge < -0.3 is 30.9 Å². The van der Waals surface area contributed by atoms with Gasteiger partial charge in [0, 0.05) is 25.1 Å². The number of fused-ring (bicyclic) bond motifs is 1. The largest absolute Gasteiger partial charge is 0.400 e. The molecule has 0 aliphatic carbocycles. The highest BCUT2D eigenvalue weighted by atomic mass is 16.5. The lowest BCUT2D eigenvalue weighted by Crippen LogP contribution is -2.40. The SMILES string of the molecule is CCN(c1nc(N)nc2c1CC=CC(=O)N2)C1OC(CO)CC1C.CO. The summed E-state index contributed by atoms with van der Waals surface area (Å²) < 4.78 is 5.98. The van der Waals surface area contributed by atoms with Crippen LogP contribution < -0.4 is 16.0 Å². The van der Waals surface area contributed by atoms with Crippen LogP contribution in [0.2, 0.25) is 0 Å². The Bertz CT molecular complexity index is 667. The van der Waals surface area contributed by atoms with E-state index in [-0.39, 0.29) is 36.7 Å². The summed E-state index contributed by atoms with van der Waals surface area (Å²) >= 11 is 0. The third-order valence-corrected chi connectivity index (χ3v) is 4.41. The molecule has 0 saturated carbocycles. The summed E-state index contributed by atoms with van der Waals surface area (Å²) in [7, 11) is 1.00. The smallest absolute Gasteiger partial charge is 0.249 e. The minimum absolute atomic E-state index is 0.00120. The number of aliphatic hydroxyl groups is 2. The van der Waals surface area contributed by atoms with E-state index < -0.39 is 0 Å². The fourth-order valence-corrected chi connectivity index (χ4v) is 3.33. The topological polar surface area (TPSA) is 134 Å². The first-order chi connectivity index (χ1) is 12.5. The average molecular weight is 365 g/mol. The van der Waals surface area contributed by atoms with Crippen molar-refractivity contribution in [3.63, 3.8) is 0 Å². The van der Waals surface area contributed by atoms with Gasteiger partial charge in [0.15, 0.2) is 0 Å². The van der Waals surface area contributed by atoms with Crippen LogP contribution in [0.15, 0.2) is 12.2 Å². The van der Waals surface area contributed by atoms with Gasteiger partial charge >= 0.3 is 0 Å². The number of carbonyl (C=O) groups excluding carboxylic acids is 1. The molecule has 1 amide bonds. The summed E-state index contributed by atoms with van der Waals surface area (Å²) in [5.41, 5.74) is 6.67. The number of nitrogen functional groups attached to an aromatic ring is 1. The number of carbonyl (C=O) groups is 1. The normalized spacial score (nSPS) is 24.2. The van der Waals surface area contributed by atoms with Crippen LogP contribution in [0.5, 0.6) is 0 Å². The van der Waals surface area contributed by atoms with Crippen molar-refractivity contribution < 1.29 is 19.7 Å². The number of rotatable bonds is 4. The van der Waals surface area contributed by atoms with Crippen LogP contribution in [-0.2, 0) is 16.0 Å². The third-order valence-electron chi connectivity index (χ3n) is 4.41. The number of ether oxygens (including phenoxy) is 1. The van der Waals surface area contributed by atoms with E-state index in [1.54, 1.807) is 6.08 Å². The van der Waals surface area contributed by atoms with Crippen molar-refractivity contribution in [1.29, 1.82) is 0 Å². The standard InChI is InChI=1S/C16H23N5O3.CH4O/c1-3-21(15-9(2)7-10(8-22)24-15)14-11-5-4-6-12(23)18-13(11)19-16(17)20-14;1-2/h4,6,9-10,15,22H,3,5,7-8H2,1-2H3,(H3,17,18,19,20,23);2H,1H3. The van der Waals surface area contributed by atoms with Gasteiger partial charge in [-0.25, -0.2) is 0 Å². The van der Waals surface area contributed by atoms with E-state index in [1.807, 2.05) is 11.8 Å². The summed E-state index contributed by atoms with van der Waals surface area (Å²) in [5, 5.41) is 19.1. The molecule has 9 nitrogen and oxygen atoms in total. The molecule has 0 radical (unpaired) electrons. The molecule has 3 atom stereocenters. The quantitative estimate of drug-likeness (QED) is 0.598. The fraction of sp³-hybridized carbons (Fsp3) is 0.588. The van der Waals surface area contributed by atoms with Gasteiger partial charge in [-0.2, -0.15) is 9.97 Å². The molecule has 1 fully saturated rings. The van der Waals surface area contributed by atoms with Gasteiger partial charge in [-0.3, -0.25) is 4.79 Å². The van der Waals surface area contributed by atoms with E-state index in [0.717, 1.165) is 19.1 Å². The molecule has 3 rings (SSSR count). The summed E-state index contributed by atoms with van der Waals surface area (Å²) in [6, 6.07) is 0. The number of nitrogens with one attached hydrogen (secondary N) is 1. The molecule has 5 N–H and O–H groups in total. The van der Waals surface area contributed by atoms with Gasteiger partial charge in [-0.15, -0.1) is 0 Å². The maximum Gasteiger partial charge on any atom is 0.249 e. The van der Waals surface area contributed by atoms with Crippen molar-refractivity contribution in [2.45, 2.75) is 39.0 Å². The first-order valence-corrected chi connectivity index (χ1v) is 8.65. The van der Waals surface area contributed by atoms with Crippen molar-refractivity contribution in [2.75, 3.05) is 36.2 Å². The fourth-order valence-electron chi connectivity index (χ4n) is 3.33. The van der Waals surface area contributed by atoms with E-state index in [4.69, 9.17) is 15.6 Å². The second kappa shape index (κ2) is 8.93. The van der Waals surface area contributed by atoms with Crippen LogP contribution in [0.3, 0.4) is 0 Å². The monoisotopic (exact) mass is 365 g/mol. The Hall–Kier alpha value is -2.23. The molecule has 144 valence electrons. The Morgan fingerprint density at radius 2 is 2.15 bits per heavy atom. The van der Waals surface area contributed by atoms with Crippen LogP contribution in [0.4, 0.5) is 17.6 Å². The molecule has 3 unspecified atom stereocenters. The van der Waals surface area contributed by atoms with Crippen molar-refractivity contribution in [2.24, 2.45) is 5.92 Å². The number of nitrogens with two attached hydrogens (primary N) is 1. The number of hydrogen-bond donors (Lipinski definition) is 4. The van der Waals surface area contributed by atoms with Gasteiger partial charge in [0.2, 0.25) is 11.9 Å². The molecule has 9 heteroatoms. The van der Waals surface area contributed by atoms with Gasteiger partial charge in [0.25, 0.3) is 0 Å². The molecule has 0 spiro atoms. The molecule has 3 heterocycles. The predicted octanol–water partition coefficient (Wildman–Crippen LogP) is 0.288. The van der Waals surface area contributed by atoms with E-state index in [0.29, 0.717) is 24.6 Å². The highest BCUT2D eigenvalue weighted by Gasteiger charge is 2.37. The summed E-state index contributed by atoms with van der Waals surface area (Å²) in [5.74, 6) is 1.22. The molecule has 26 heavy (non-hydrogen) atoms. The Kier molecular flexibility index (Phi) is 6.90. The maximum absolute atomic E-state index is 11.7. The molecule has 1 saturated heterocycles. The number of allylic oxidation sites excluding steroid dienone is 1. The summed E-state index contributed by atoms with van der Waals surface area (Å²) in [6.07, 6.45) is 4.22. The lowest BCUT2D eigenvalue weighted by Gasteiger charge is -2.32. The zero-order chi connectivity index (χ0) is 19.3. The molecule has 1 aromatic heterocycles. The highest BCUT2D eigenvalue weighted by molar-refractivity contribution is 6.00. The highest BCUT2D eigenvalue weighted by Crippen LogP contribution is 2.35. The molecule has 1 aromatic rings. The molecule has 0 bridgehead atoms. The van der Waals surface area contributed by atoms with Gasteiger partial charge in [-0.05, 0) is 25.8 Å². The Morgan fingerprint density at radius 1 is 1.42 bits per heavy atom. The van der Waals surface area contributed by atoms with Crippen LogP contribution in [-0.4, -0.2) is 58.7 Å². The zero-order valence-corrected chi connectivity index (χ0v) is 15.3. The van der Waals surface area contributed by atoms with E-state index in [1.165, 1.54) is 6.08 Å². The lowest BCUT2D eigenvalue weighted by atomic mass is 10.0. The minimum Gasteiger partial charge on any atom is -0.400 e. The van der Waals surface area contributed by atoms with Gasteiger partial charge in [0.1, 0.15) is 17.9 Å². The second-order valence-electron chi connectivity index (χ2n) is 6.16. The third kappa shape index (κ3) is 4.12. The summed E-state index contributed by atoms with van der Waals surface area (Å²) in [6.45, 7) is 4.76. The Balaban J connectivity index is 0.00000117. The van der Waals surface area contributed by atoms with Crippen LogP contribution in [0, 0.1) is 5.92 Å². The van der Waals surface area contributed by atoms with Crippen LogP contribution >= 0.6 is 0 Å². The molecule has 0 aromatic carbocycles. The number of aromatic nitrogens is 2. The van der Waals surface area contributed by atoms with Crippen LogP contribution in [0.25, 0.3) is 0 Å². The Labute approximate surface area is 152 Å². The van der Waals surface area contributed by atoms with Gasteiger partial charge in [0.05, 0.1) is 12.7 Å². The number of hydrogen-bond acceptors (Lipinski definition) is 8. The first-order valence-electron chi connectivity index (χ1n) is 8.65. The second-order valence-corrected chi connectivity index (χ2v) is 6.16. The van der Waals surface area contributed by atoms with Crippen molar-refractivity contribution in [3.05, 3.63) is 17.7 Å². The average Bonchev–Trinajstić information content (AvgIpc) is 2.89. The zero-order valence-electron chi connectivity index (χ0n) is 15.3. The maximum atomic E-state index is 11.7. The number of amides is 1. The van der Waals surface area contributed by atoms with Crippen molar-refractivity contribution >= 4 is 23.5 Å². The number of nitrogens with zero attached hydrogens (tertiary/aromatic N) is 3. The van der Waals surface area contributed by atoms with Crippen molar-refractivity contribution in [3.8, 4) is 0 Å².